The van der Waals surface area contributed by atoms with Gasteiger partial charge in [-0.15, -0.1) is 0 Å². The van der Waals surface area contributed by atoms with Crippen LogP contribution in [0.3, 0.4) is 0 Å². The molecule has 3 rings (SSSR count). The Labute approximate surface area is 128 Å². The zero-order valence-electron chi connectivity index (χ0n) is 9.84. The Morgan fingerprint density at radius 1 is 1.16 bits per heavy atom. The molecule has 6 heteroatoms. The Morgan fingerprint density at radius 3 is 2.74 bits per heavy atom. The van der Waals surface area contributed by atoms with Crippen molar-refractivity contribution < 1.29 is 0 Å². The molecule has 3 nitrogen and oxygen atoms in total. The molecular formula is C13H8BrCl2N3. The van der Waals surface area contributed by atoms with Crippen molar-refractivity contribution in [1.29, 1.82) is 0 Å². The molecule has 0 aliphatic rings. The predicted octanol–water partition coefficient (Wildman–Crippen LogP) is 5.00. The van der Waals surface area contributed by atoms with E-state index in [1.54, 1.807) is 6.07 Å². The lowest BCUT2D eigenvalue weighted by molar-refractivity contribution is 1.28. The molecule has 0 bridgehead atoms. The molecule has 0 radical (unpaired) electrons. The Bertz CT molecular complexity index is 744. The van der Waals surface area contributed by atoms with Crippen LogP contribution in [0.25, 0.3) is 22.6 Å². The van der Waals surface area contributed by atoms with Crippen LogP contribution in [0, 0.1) is 6.92 Å². The third-order valence-electron chi connectivity index (χ3n) is 2.84. The topological polar surface area (TPSA) is 41.6 Å². The van der Waals surface area contributed by atoms with Crippen molar-refractivity contribution in [3.63, 3.8) is 0 Å². The maximum atomic E-state index is 5.95. The molecule has 3 aromatic rings. The second-order valence-corrected chi connectivity index (χ2v) is 5.86. The van der Waals surface area contributed by atoms with Crippen LogP contribution in [0.4, 0.5) is 0 Å². The number of aromatic nitrogens is 3. The van der Waals surface area contributed by atoms with Gasteiger partial charge in [-0.2, -0.15) is 0 Å². The molecule has 2 aromatic heterocycles. The number of fused-ring (bicyclic) bond motifs is 1. The first-order valence-electron chi connectivity index (χ1n) is 5.53. The summed E-state index contributed by atoms with van der Waals surface area (Å²) in [6, 6.07) is 7.76. The second-order valence-electron chi connectivity index (χ2n) is 4.18. The summed E-state index contributed by atoms with van der Waals surface area (Å²) in [6.45, 7) is 2.03. The molecule has 0 fully saturated rings. The van der Waals surface area contributed by atoms with Crippen molar-refractivity contribution in [2.24, 2.45) is 0 Å². The molecule has 0 saturated heterocycles. The zero-order chi connectivity index (χ0) is 13.6. The molecule has 1 aromatic carbocycles. The number of benzene rings is 1. The lowest BCUT2D eigenvalue weighted by Gasteiger charge is -2.02. The monoisotopic (exact) mass is 355 g/mol. The number of halogens is 3. The molecule has 0 spiro atoms. The largest absolute Gasteiger partial charge is 0.337 e. The minimum Gasteiger partial charge on any atom is -0.337 e. The Balaban J connectivity index is 2.23. The van der Waals surface area contributed by atoms with Crippen molar-refractivity contribution in [2.75, 3.05) is 0 Å². The van der Waals surface area contributed by atoms with Gasteiger partial charge in [-0.3, -0.25) is 0 Å². The molecule has 0 saturated carbocycles. The summed E-state index contributed by atoms with van der Waals surface area (Å²) in [4.78, 5) is 11.8. The van der Waals surface area contributed by atoms with Crippen LogP contribution in [0.15, 0.2) is 28.7 Å². The standard InChI is InChI=1S/C13H8BrCl2N3/c1-6-2-3-7(14)4-8(6)12-17-10-5-9(15)11(16)18-13(10)19-12/h2-5H,1H3,(H,17,18,19). The van der Waals surface area contributed by atoms with Gasteiger partial charge in [0, 0.05) is 10.0 Å². The summed E-state index contributed by atoms with van der Waals surface area (Å²) < 4.78 is 0.998. The third kappa shape index (κ3) is 2.36. The SMILES string of the molecule is Cc1ccc(Br)cc1-c1nc2nc(Cl)c(Cl)cc2[nH]1. The van der Waals surface area contributed by atoms with Crippen LogP contribution in [-0.2, 0) is 0 Å². The summed E-state index contributed by atoms with van der Waals surface area (Å²) >= 11 is 15.3. The van der Waals surface area contributed by atoms with E-state index in [9.17, 15) is 0 Å². The van der Waals surface area contributed by atoms with Gasteiger partial charge in [0.2, 0.25) is 0 Å². The number of rotatable bonds is 1. The molecule has 0 atom stereocenters. The molecule has 19 heavy (non-hydrogen) atoms. The van der Waals surface area contributed by atoms with Gasteiger partial charge in [-0.05, 0) is 30.7 Å². The number of hydrogen-bond donors (Lipinski definition) is 1. The molecule has 0 unspecified atom stereocenters. The number of pyridine rings is 1. The number of aryl methyl sites for hydroxylation is 1. The van der Waals surface area contributed by atoms with Crippen LogP contribution in [0.1, 0.15) is 5.56 Å². The third-order valence-corrected chi connectivity index (χ3v) is 4.00. The predicted molar refractivity (Wildman–Crippen MR) is 81.8 cm³/mol. The highest BCUT2D eigenvalue weighted by Crippen LogP contribution is 2.28. The van der Waals surface area contributed by atoms with Gasteiger partial charge in [0.1, 0.15) is 11.0 Å². The minimum atomic E-state index is 0.262. The van der Waals surface area contributed by atoms with Crippen molar-refractivity contribution in [3.8, 4) is 11.4 Å². The number of hydrogen-bond acceptors (Lipinski definition) is 2. The van der Waals surface area contributed by atoms with Gasteiger partial charge < -0.3 is 4.98 Å². The normalized spacial score (nSPS) is 11.2. The first-order valence-corrected chi connectivity index (χ1v) is 7.08. The number of H-pyrrole nitrogens is 1. The summed E-state index contributed by atoms with van der Waals surface area (Å²) in [5.74, 6) is 0.750. The molecule has 2 heterocycles. The van der Waals surface area contributed by atoms with Crippen molar-refractivity contribution in [2.45, 2.75) is 6.92 Å². The first-order chi connectivity index (χ1) is 9.04. The summed E-state index contributed by atoms with van der Waals surface area (Å²) in [6.07, 6.45) is 0. The fraction of sp³-hybridized carbons (Fsp3) is 0.0769. The lowest BCUT2D eigenvalue weighted by Crippen LogP contribution is -1.85. The average molecular weight is 357 g/mol. The fourth-order valence-corrected chi connectivity index (χ4v) is 2.52. The van der Waals surface area contributed by atoms with Gasteiger partial charge in [-0.1, -0.05) is 45.2 Å². The van der Waals surface area contributed by atoms with E-state index < -0.39 is 0 Å². The quantitative estimate of drug-likeness (QED) is 0.623. The van der Waals surface area contributed by atoms with E-state index in [-0.39, 0.29) is 5.15 Å². The number of nitrogens with one attached hydrogen (secondary N) is 1. The van der Waals surface area contributed by atoms with Crippen molar-refractivity contribution >= 4 is 50.3 Å². The molecule has 0 amide bonds. The summed E-state index contributed by atoms with van der Waals surface area (Å²) in [5.41, 5.74) is 3.46. The fourth-order valence-electron chi connectivity index (χ4n) is 1.87. The molecular weight excluding hydrogens is 349 g/mol. The van der Waals surface area contributed by atoms with E-state index in [4.69, 9.17) is 23.2 Å². The number of nitrogens with zero attached hydrogens (tertiary/aromatic N) is 2. The highest BCUT2D eigenvalue weighted by molar-refractivity contribution is 9.10. The lowest BCUT2D eigenvalue weighted by atomic mass is 10.1. The van der Waals surface area contributed by atoms with E-state index in [0.717, 1.165) is 26.9 Å². The van der Waals surface area contributed by atoms with E-state index in [1.165, 1.54) is 0 Å². The average Bonchev–Trinajstić information content (AvgIpc) is 2.75. The Morgan fingerprint density at radius 2 is 1.95 bits per heavy atom. The Hall–Kier alpha value is -1.10. The maximum absolute atomic E-state index is 5.95. The van der Waals surface area contributed by atoms with E-state index in [1.807, 2.05) is 25.1 Å². The van der Waals surface area contributed by atoms with Crippen molar-refractivity contribution in [3.05, 3.63) is 44.5 Å². The van der Waals surface area contributed by atoms with Gasteiger partial charge >= 0.3 is 0 Å². The van der Waals surface area contributed by atoms with Crippen LogP contribution >= 0.6 is 39.1 Å². The number of imidazole rings is 1. The second kappa shape index (κ2) is 4.78. The molecule has 0 aliphatic carbocycles. The first kappa shape index (κ1) is 12.9. The number of aromatic amines is 1. The Kier molecular flexibility index (Phi) is 3.25. The van der Waals surface area contributed by atoms with Gasteiger partial charge in [0.25, 0.3) is 0 Å². The zero-order valence-corrected chi connectivity index (χ0v) is 12.9. The summed E-state index contributed by atoms with van der Waals surface area (Å²) in [5, 5.41) is 0.675. The van der Waals surface area contributed by atoms with Crippen LogP contribution in [-0.4, -0.2) is 15.0 Å². The van der Waals surface area contributed by atoms with Crippen LogP contribution in [0.5, 0.6) is 0 Å². The van der Waals surface area contributed by atoms with E-state index >= 15 is 0 Å². The highest BCUT2D eigenvalue weighted by atomic mass is 79.9. The van der Waals surface area contributed by atoms with Crippen LogP contribution in [0.2, 0.25) is 10.2 Å². The van der Waals surface area contributed by atoms with Crippen molar-refractivity contribution in [1.82, 2.24) is 15.0 Å². The molecule has 0 aliphatic heterocycles. The van der Waals surface area contributed by atoms with Gasteiger partial charge in [-0.25, -0.2) is 9.97 Å². The van der Waals surface area contributed by atoms with Gasteiger partial charge in [0.05, 0.1) is 10.5 Å². The maximum Gasteiger partial charge on any atom is 0.179 e. The van der Waals surface area contributed by atoms with E-state index in [2.05, 4.69) is 30.9 Å². The molecule has 96 valence electrons. The van der Waals surface area contributed by atoms with E-state index in [0.29, 0.717) is 10.7 Å². The summed E-state index contributed by atoms with van der Waals surface area (Å²) in [7, 11) is 0. The minimum absolute atomic E-state index is 0.262. The van der Waals surface area contributed by atoms with Crippen LogP contribution < -0.4 is 0 Å². The highest BCUT2D eigenvalue weighted by Gasteiger charge is 2.11. The molecule has 1 N–H and O–H groups in total. The van der Waals surface area contributed by atoms with Gasteiger partial charge in [0.15, 0.2) is 5.65 Å². The smallest absolute Gasteiger partial charge is 0.179 e.